The predicted molar refractivity (Wildman–Crippen MR) is 67.2 cm³/mol. The van der Waals surface area contributed by atoms with Crippen LogP contribution in [0.2, 0.25) is 5.02 Å². The zero-order valence-electron chi connectivity index (χ0n) is 9.89. The lowest BCUT2D eigenvalue weighted by Gasteiger charge is -2.14. The van der Waals surface area contributed by atoms with E-state index in [1.165, 1.54) is 0 Å². The van der Waals surface area contributed by atoms with Crippen molar-refractivity contribution < 1.29 is 14.7 Å². The minimum Gasteiger partial charge on any atom is -0.481 e. The molecule has 1 saturated carbocycles. The fourth-order valence-corrected chi connectivity index (χ4v) is 2.14. The molecule has 2 unspecified atom stereocenters. The molecular formula is C13H14ClNO3. The van der Waals surface area contributed by atoms with Crippen molar-refractivity contribution in [3.8, 4) is 0 Å². The van der Waals surface area contributed by atoms with Crippen molar-refractivity contribution in [3.05, 3.63) is 34.9 Å². The van der Waals surface area contributed by atoms with Gasteiger partial charge in [0.05, 0.1) is 17.9 Å². The van der Waals surface area contributed by atoms with Gasteiger partial charge in [-0.2, -0.15) is 0 Å². The van der Waals surface area contributed by atoms with Gasteiger partial charge in [0.15, 0.2) is 0 Å². The van der Waals surface area contributed by atoms with E-state index in [1.807, 2.05) is 19.1 Å². The number of aliphatic carboxylic acids is 1. The number of carbonyl (C=O) groups is 2. The number of nitrogens with one attached hydrogen (secondary N) is 1. The monoisotopic (exact) mass is 267 g/mol. The maximum absolute atomic E-state index is 11.8. The Labute approximate surface area is 110 Å². The van der Waals surface area contributed by atoms with Gasteiger partial charge in [-0.15, -0.1) is 0 Å². The van der Waals surface area contributed by atoms with Gasteiger partial charge in [-0.3, -0.25) is 9.59 Å². The molecule has 4 nitrogen and oxygen atoms in total. The summed E-state index contributed by atoms with van der Waals surface area (Å²) in [7, 11) is 0. The molecule has 1 fully saturated rings. The van der Waals surface area contributed by atoms with Gasteiger partial charge in [0.2, 0.25) is 5.91 Å². The van der Waals surface area contributed by atoms with Crippen LogP contribution in [0.15, 0.2) is 24.3 Å². The molecule has 0 saturated heterocycles. The number of carboxylic acids is 1. The van der Waals surface area contributed by atoms with Crippen LogP contribution in [0.3, 0.4) is 0 Å². The summed E-state index contributed by atoms with van der Waals surface area (Å²) in [6.07, 6.45) is 0.434. The Balaban J connectivity index is 1.94. The normalized spacial score (nSPS) is 23.2. The molecule has 1 aliphatic rings. The number of carboxylic acid groups (broad SMARTS) is 1. The molecule has 0 bridgehead atoms. The van der Waals surface area contributed by atoms with Gasteiger partial charge in [-0.05, 0) is 31.0 Å². The highest BCUT2D eigenvalue weighted by Gasteiger charge is 2.48. The first kappa shape index (κ1) is 12.9. The molecule has 1 amide bonds. The molecule has 0 aliphatic heterocycles. The van der Waals surface area contributed by atoms with E-state index in [9.17, 15) is 9.59 Å². The fourth-order valence-electron chi connectivity index (χ4n) is 1.94. The molecule has 0 aromatic heterocycles. The van der Waals surface area contributed by atoms with E-state index >= 15 is 0 Å². The summed E-state index contributed by atoms with van der Waals surface area (Å²) >= 11 is 5.87. The summed E-state index contributed by atoms with van der Waals surface area (Å²) in [6.45, 7) is 1.85. The van der Waals surface area contributed by atoms with Crippen LogP contribution in [0.5, 0.6) is 0 Å². The van der Waals surface area contributed by atoms with Crippen molar-refractivity contribution in [2.75, 3.05) is 0 Å². The maximum Gasteiger partial charge on any atom is 0.307 e. The van der Waals surface area contributed by atoms with Crippen LogP contribution >= 0.6 is 11.6 Å². The zero-order chi connectivity index (χ0) is 13.3. The quantitative estimate of drug-likeness (QED) is 0.879. The maximum atomic E-state index is 11.8. The van der Waals surface area contributed by atoms with Gasteiger partial charge >= 0.3 is 5.97 Å². The first-order valence-electron chi connectivity index (χ1n) is 5.77. The third-order valence-electron chi connectivity index (χ3n) is 3.15. The Morgan fingerprint density at radius 1 is 1.44 bits per heavy atom. The molecular weight excluding hydrogens is 254 g/mol. The summed E-state index contributed by atoms with van der Waals surface area (Å²) in [4.78, 5) is 22.5. The van der Waals surface area contributed by atoms with Gasteiger partial charge in [0.25, 0.3) is 0 Å². The lowest BCUT2D eigenvalue weighted by Crippen LogP contribution is -2.29. The molecule has 0 spiro atoms. The average molecular weight is 268 g/mol. The molecule has 0 heterocycles. The lowest BCUT2D eigenvalue weighted by molar-refractivity contribution is -0.140. The van der Waals surface area contributed by atoms with E-state index in [0.29, 0.717) is 11.4 Å². The van der Waals surface area contributed by atoms with Crippen LogP contribution in [0.1, 0.15) is 24.9 Å². The predicted octanol–water partition coefficient (Wildman–Crippen LogP) is 2.24. The third-order valence-corrected chi connectivity index (χ3v) is 3.39. The summed E-state index contributed by atoms with van der Waals surface area (Å²) < 4.78 is 0. The Hall–Kier alpha value is -1.55. The first-order valence-corrected chi connectivity index (χ1v) is 6.15. The highest BCUT2D eigenvalue weighted by atomic mass is 35.5. The number of benzene rings is 1. The van der Waals surface area contributed by atoms with E-state index in [1.54, 1.807) is 12.1 Å². The second-order valence-electron chi connectivity index (χ2n) is 4.57. The highest BCUT2D eigenvalue weighted by Crippen LogP contribution is 2.39. The zero-order valence-corrected chi connectivity index (χ0v) is 10.6. The minimum absolute atomic E-state index is 0.175. The number of carbonyl (C=O) groups excluding carboxylic acids is 1. The van der Waals surface area contributed by atoms with Gasteiger partial charge in [0, 0.05) is 5.02 Å². The molecule has 96 valence electrons. The Morgan fingerprint density at radius 3 is 2.72 bits per heavy atom. The number of hydrogen-bond acceptors (Lipinski definition) is 2. The number of hydrogen-bond donors (Lipinski definition) is 2. The van der Waals surface area contributed by atoms with Gasteiger partial charge in [-0.25, -0.2) is 0 Å². The van der Waals surface area contributed by atoms with Crippen molar-refractivity contribution in [2.45, 2.75) is 19.4 Å². The summed E-state index contributed by atoms with van der Waals surface area (Å²) in [5, 5.41) is 12.2. The van der Waals surface area contributed by atoms with Gasteiger partial charge < -0.3 is 10.4 Å². The second kappa shape index (κ2) is 4.98. The molecule has 2 rings (SSSR count). The van der Waals surface area contributed by atoms with Crippen molar-refractivity contribution in [2.24, 2.45) is 11.8 Å². The highest BCUT2D eigenvalue weighted by molar-refractivity contribution is 6.30. The van der Waals surface area contributed by atoms with Crippen molar-refractivity contribution in [3.63, 3.8) is 0 Å². The fraction of sp³-hybridized carbons (Fsp3) is 0.385. The summed E-state index contributed by atoms with van der Waals surface area (Å²) in [5.41, 5.74) is 0.906. The molecule has 3 atom stereocenters. The molecule has 18 heavy (non-hydrogen) atoms. The minimum atomic E-state index is -0.898. The standard InChI is InChI=1S/C13H14ClNO3/c1-7(8-3-2-4-9(14)5-8)15-12(16)10-6-11(10)13(17)18/h2-5,7,10-11H,6H2,1H3,(H,15,16)(H,17,18)/t7-,10?,11?/m0/s1. The van der Waals surface area contributed by atoms with Gasteiger partial charge in [0.1, 0.15) is 0 Å². The summed E-state index contributed by atoms with van der Waals surface area (Å²) in [5.74, 6) is -2.00. The van der Waals surface area contributed by atoms with Crippen molar-refractivity contribution in [1.82, 2.24) is 5.32 Å². The van der Waals surface area contributed by atoms with Crippen LogP contribution in [-0.4, -0.2) is 17.0 Å². The smallest absolute Gasteiger partial charge is 0.307 e. The number of halogens is 1. The SMILES string of the molecule is C[C@H](NC(=O)C1CC1C(=O)O)c1cccc(Cl)c1. The molecule has 1 aliphatic carbocycles. The van der Waals surface area contributed by atoms with Crippen molar-refractivity contribution in [1.29, 1.82) is 0 Å². The van der Waals surface area contributed by atoms with E-state index in [-0.39, 0.29) is 17.9 Å². The molecule has 2 N–H and O–H groups in total. The van der Waals surface area contributed by atoms with Crippen LogP contribution in [0.25, 0.3) is 0 Å². The second-order valence-corrected chi connectivity index (χ2v) is 5.01. The topological polar surface area (TPSA) is 66.4 Å². The van der Waals surface area contributed by atoms with Crippen LogP contribution in [-0.2, 0) is 9.59 Å². The van der Waals surface area contributed by atoms with Crippen LogP contribution < -0.4 is 5.32 Å². The molecule has 1 aromatic carbocycles. The van der Waals surface area contributed by atoms with Crippen LogP contribution in [0, 0.1) is 11.8 Å². The van der Waals surface area contributed by atoms with E-state index < -0.39 is 11.9 Å². The Bertz CT molecular complexity index is 489. The van der Waals surface area contributed by atoms with Crippen molar-refractivity contribution >= 4 is 23.5 Å². The lowest BCUT2D eigenvalue weighted by atomic mass is 10.1. The Kier molecular flexibility index (Phi) is 3.57. The van der Waals surface area contributed by atoms with E-state index in [2.05, 4.69) is 5.32 Å². The van der Waals surface area contributed by atoms with E-state index in [0.717, 1.165) is 5.56 Å². The molecule has 0 radical (unpaired) electrons. The van der Waals surface area contributed by atoms with E-state index in [4.69, 9.17) is 16.7 Å². The molecule has 5 heteroatoms. The largest absolute Gasteiger partial charge is 0.481 e. The molecule has 1 aromatic rings. The van der Waals surface area contributed by atoms with Crippen LogP contribution in [0.4, 0.5) is 0 Å². The average Bonchev–Trinajstić information content (AvgIpc) is 3.08. The third kappa shape index (κ3) is 2.82. The first-order chi connectivity index (χ1) is 8.49. The van der Waals surface area contributed by atoms with Gasteiger partial charge in [-0.1, -0.05) is 23.7 Å². The summed E-state index contributed by atoms with van der Waals surface area (Å²) in [6, 6.07) is 7.07. The number of rotatable bonds is 4. The number of amides is 1. The Morgan fingerprint density at radius 2 is 2.17 bits per heavy atom.